The molecule has 2 aromatic rings. The van der Waals surface area contributed by atoms with Crippen LogP contribution in [-0.4, -0.2) is 45.8 Å². The number of aromatic nitrogens is 3. The smallest absolute Gasteiger partial charge is 0.191 e. The topological polar surface area (TPSA) is 67.1 Å². The van der Waals surface area contributed by atoms with Gasteiger partial charge in [-0.15, -0.1) is 34.2 Å². The van der Waals surface area contributed by atoms with Gasteiger partial charge in [-0.3, -0.25) is 0 Å². The minimum atomic E-state index is -0.204. The predicted octanol–water partition coefficient (Wildman–Crippen LogP) is 2.91. The number of halogens is 2. The SMILES string of the molecule is CSCCCNC(=NCc1nnc(C)n1C)NCCc1cccc(F)c1.I. The van der Waals surface area contributed by atoms with Crippen LogP contribution >= 0.6 is 35.7 Å². The van der Waals surface area contributed by atoms with E-state index in [1.807, 2.05) is 36.4 Å². The van der Waals surface area contributed by atoms with E-state index in [0.29, 0.717) is 13.1 Å². The van der Waals surface area contributed by atoms with Gasteiger partial charge in [0.25, 0.3) is 0 Å². The van der Waals surface area contributed by atoms with Gasteiger partial charge in [-0.05, 0) is 49.5 Å². The molecule has 0 amide bonds. The van der Waals surface area contributed by atoms with E-state index in [0.717, 1.165) is 48.3 Å². The van der Waals surface area contributed by atoms with Crippen molar-refractivity contribution in [2.45, 2.75) is 26.3 Å². The molecule has 0 radical (unpaired) electrons. The second-order valence-corrected chi connectivity index (χ2v) is 6.95. The average Bonchev–Trinajstić information content (AvgIpc) is 2.94. The zero-order valence-electron chi connectivity index (χ0n) is 16.0. The van der Waals surface area contributed by atoms with Crippen LogP contribution in [0.15, 0.2) is 29.3 Å². The third-order valence-corrected chi connectivity index (χ3v) is 4.67. The normalized spacial score (nSPS) is 11.2. The maximum absolute atomic E-state index is 13.3. The monoisotopic (exact) mass is 506 g/mol. The molecule has 6 nitrogen and oxygen atoms in total. The molecule has 1 heterocycles. The number of nitrogens with zero attached hydrogens (tertiary/aromatic N) is 4. The molecule has 0 spiro atoms. The van der Waals surface area contributed by atoms with E-state index < -0.39 is 0 Å². The fraction of sp³-hybridized carbons (Fsp3) is 0.500. The third-order valence-electron chi connectivity index (χ3n) is 3.97. The Morgan fingerprint density at radius 3 is 2.70 bits per heavy atom. The first-order valence-electron chi connectivity index (χ1n) is 8.70. The van der Waals surface area contributed by atoms with E-state index >= 15 is 0 Å². The Morgan fingerprint density at radius 1 is 1.26 bits per heavy atom. The van der Waals surface area contributed by atoms with Crippen molar-refractivity contribution in [3.05, 3.63) is 47.3 Å². The van der Waals surface area contributed by atoms with E-state index in [2.05, 4.69) is 32.1 Å². The largest absolute Gasteiger partial charge is 0.356 e. The summed E-state index contributed by atoms with van der Waals surface area (Å²) in [6.07, 6.45) is 3.89. The van der Waals surface area contributed by atoms with Gasteiger partial charge in [-0.2, -0.15) is 11.8 Å². The van der Waals surface area contributed by atoms with Crippen LogP contribution in [0.5, 0.6) is 0 Å². The van der Waals surface area contributed by atoms with Crippen molar-refractivity contribution < 1.29 is 4.39 Å². The van der Waals surface area contributed by atoms with Gasteiger partial charge in [-0.1, -0.05) is 12.1 Å². The molecule has 2 N–H and O–H groups in total. The Morgan fingerprint density at radius 2 is 2.04 bits per heavy atom. The molecule has 0 fully saturated rings. The number of aliphatic imine (C=N–C) groups is 1. The fourth-order valence-electron chi connectivity index (χ4n) is 2.35. The number of thioether (sulfide) groups is 1. The van der Waals surface area contributed by atoms with Crippen LogP contribution in [0.2, 0.25) is 0 Å². The van der Waals surface area contributed by atoms with E-state index in [9.17, 15) is 4.39 Å². The molecule has 0 aliphatic carbocycles. The molecule has 0 aliphatic heterocycles. The van der Waals surface area contributed by atoms with Crippen molar-refractivity contribution in [2.24, 2.45) is 12.0 Å². The minimum Gasteiger partial charge on any atom is -0.356 e. The standard InChI is InChI=1S/C18H27FN6S.HI/c1-14-23-24-17(25(14)2)13-22-18(20-9-5-11-26-3)21-10-8-15-6-4-7-16(19)12-15;/h4,6-7,12H,5,8-11,13H2,1-3H3,(H2,20,21,22);1H. The Balaban J connectivity index is 0.00000364. The van der Waals surface area contributed by atoms with Gasteiger partial charge in [0.15, 0.2) is 11.8 Å². The summed E-state index contributed by atoms with van der Waals surface area (Å²) in [7, 11) is 1.93. The second kappa shape index (κ2) is 12.9. The molecule has 0 unspecified atom stereocenters. The second-order valence-electron chi connectivity index (χ2n) is 5.97. The quantitative estimate of drug-likeness (QED) is 0.237. The number of rotatable bonds is 9. The zero-order chi connectivity index (χ0) is 18.8. The Hall–Kier alpha value is -1.36. The lowest BCUT2D eigenvalue weighted by Gasteiger charge is -2.12. The summed E-state index contributed by atoms with van der Waals surface area (Å²) in [4.78, 5) is 4.60. The zero-order valence-corrected chi connectivity index (χ0v) is 19.2. The van der Waals surface area contributed by atoms with Gasteiger partial charge in [0.05, 0.1) is 0 Å². The van der Waals surface area contributed by atoms with E-state index in [1.54, 1.807) is 12.1 Å². The summed E-state index contributed by atoms with van der Waals surface area (Å²) in [5.41, 5.74) is 0.961. The third kappa shape index (κ3) is 8.46. The van der Waals surface area contributed by atoms with Gasteiger partial charge in [0, 0.05) is 20.1 Å². The van der Waals surface area contributed by atoms with Crippen molar-refractivity contribution in [3.8, 4) is 0 Å². The molecular weight excluding hydrogens is 478 g/mol. The van der Waals surface area contributed by atoms with Gasteiger partial charge in [0.2, 0.25) is 0 Å². The molecule has 9 heteroatoms. The molecule has 0 aliphatic rings. The van der Waals surface area contributed by atoms with E-state index in [-0.39, 0.29) is 29.8 Å². The summed E-state index contributed by atoms with van der Waals surface area (Å²) in [5, 5.41) is 14.9. The first kappa shape index (κ1) is 23.7. The number of hydrogen-bond acceptors (Lipinski definition) is 4. The van der Waals surface area contributed by atoms with Crippen molar-refractivity contribution >= 4 is 41.7 Å². The summed E-state index contributed by atoms with van der Waals surface area (Å²) in [5.74, 6) is 3.32. The van der Waals surface area contributed by atoms with Crippen LogP contribution in [0.4, 0.5) is 4.39 Å². The number of hydrogen-bond donors (Lipinski definition) is 2. The lowest BCUT2D eigenvalue weighted by Crippen LogP contribution is -2.39. The minimum absolute atomic E-state index is 0. The van der Waals surface area contributed by atoms with Gasteiger partial charge in [-0.25, -0.2) is 9.38 Å². The van der Waals surface area contributed by atoms with Crippen LogP contribution in [0.25, 0.3) is 0 Å². The van der Waals surface area contributed by atoms with E-state index in [4.69, 9.17) is 0 Å². The molecular formula is C18H28FIN6S. The average molecular weight is 506 g/mol. The highest BCUT2D eigenvalue weighted by Crippen LogP contribution is 2.04. The highest BCUT2D eigenvalue weighted by atomic mass is 127. The Bertz CT molecular complexity index is 722. The fourth-order valence-corrected chi connectivity index (χ4v) is 2.79. The van der Waals surface area contributed by atoms with Crippen LogP contribution in [-0.2, 0) is 20.0 Å². The molecule has 0 saturated heterocycles. The molecule has 2 rings (SSSR count). The molecule has 1 aromatic carbocycles. The van der Waals surface area contributed by atoms with Crippen molar-refractivity contribution in [1.29, 1.82) is 0 Å². The van der Waals surface area contributed by atoms with Crippen LogP contribution < -0.4 is 10.6 Å². The maximum Gasteiger partial charge on any atom is 0.191 e. The number of aryl methyl sites for hydroxylation is 1. The lowest BCUT2D eigenvalue weighted by atomic mass is 10.1. The van der Waals surface area contributed by atoms with Crippen LogP contribution in [0, 0.1) is 12.7 Å². The molecule has 27 heavy (non-hydrogen) atoms. The van der Waals surface area contributed by atoms with Gasteiger partial charge >= 0.3 is 0 Å². The van der Waals surface area contributed by atoms with Crippen LogP contribution in [0.1, 0.15) is 23.6 Å². The number of benzene rings is 1. The number of guanidine groups is 1. The van der Waals surface area contributed by atoms with Gasteiger partial charge < -0.3 is 15.2 Å². The molecule has 0 bridgehead atoms. The summed E-state index contributed by atoms with van der Waals surface area (Å²) >= 11 is 1.83. The molecule has 150 valence electrons. The summed E-state index contributed by atoms with van der Waals surface area (Å²) in [6.45, 7) is 3.90. The first-order valence-corrected chi connectivity index (χ1v) is 10.1. The number of nitrogens with one attached hydrogen (secondary N) is 2. The summed E-state index contributed by atoms with van der Waals surface area (Å²) in [6, 6.07) is 6.68. The maximum atomic E-state index is 13.3. The Labute approximate surface area is 181 Å². The highest BCUT2D eigenvalue weighted by Gasteiger charge is 2.05. The highest BCUT2D eigenvalue weighted by molar-refractivity contribution is 14.0. The van der Waals surface area contributed by atoms with Crippen molar-refractivity contribution in [3.63, 3.8) is 0 Å². The van der Waals surface area contributed by atoms with Crippen molar-refractivity contribution in [2.75, 3.05) is 25.1 Å². The Kier molecular flexibility index (Phi) is 11.3. The van der Waals surface area contributed by atoms with Gasteiger partial charge in [0.1, 0.15) is 18.2 Å². The molecule has 0 atom stereocenters. The van der Waals surface area contributed by atoms with E-state index in [1.165, 1.54) is 6.07 Å². The lowest BCUT2D eigenvalue weighted by molar-refractivity contribution is 0.625. The predicted molar refractivity (Wildman–Crippen MR) is 121 cm³/mol. The molecule has 1 aromatic heterocycles. The first-order chi connectivity index (χ1) is 12.6. The summed E-state index contributed by atoms with van der Waals surface area (Å²) < 4.78 is 15.2. The molecule has 0 saturated carbocycles. The van der Waals surface area contributed by atoms with Crippen molar-refractivity contribution in [1.82, 2.24) is 25.4 Å². The van der Waals surface area contributed by atoms with Crippen LogP contribution in [0.3, 0.4) is 0 Å².